The zero-order valence-electron chi connectivity index (χ0n) is 18.5. The Kier molecular flexibility index (Phi) is 16.1. The van der Waals surface area contributed by atoms with Crippen LogP contribution in [0.1, 0.15) is 46.4 Å². The molecule has 2 aromatic rings. The average Bonchev–Trinajstić information content (AvgIpc) is 2.74. The summed E-state index contributed by atoms with van der Waals surface area (Å²) in [5, 5.41) is 44.8. The van der Waals surface area contributed by atoms with Gasteiger partial charge in [-0.2, -0.15) is 0 Å². The summed E-state index contributed by atoms with van der Waals surface area (Å²) in [5.41, 5.74) is 0.200. The van der Waals surface area contributed by atoms with E-state index in [9.17, 15) is 39.6 Å². The molecule has 0 aromatic heterocycles. The number of phenols is 2. The molecule has 0 heterocycles. The third-order valence-electron chi connectivity index (χ3n) is 4.10. The van der Waals surface area contributed by atoms with Crippen molar-refractivity contribution in [3.8, 4) is 11.5 Å². The van der Waals surface area contributed by atoms with Crippen molar-refractivity contribution in [3.05, 3.63) is 57.6 Å². The second kappa shape index (κ2) is 17.2. The minimum absolute atomic E-state index is 0. The molecule has 0 aliphatic heterocycles. The fourth-order valence-corrected chi connectivity index (χ4v) is 2.79. The monoisotopic (exact) mass is 552 g/mol. The molecule has 2 amide bonds. The predicted molar refractivity (Wildman–Crippen MR) is 125 cm³/mol. The van der Waals surface area contributed by atoms with Crippen LogP contribution in [0.25, 0.3) is 0 Å². The maximum absolute atomic E-state index is 11.5. The van der Waals surface area contributed by atoms with Crippen LogP contribution in [0.2, 0.25) is 10.0 Å². The molecule has 35 heavy (non-hydrogen) atoms. The molecule has 0 bridgehead atoms. The molecule has 2 rings (SSSR count). The summed E-state index contributed by atoms with van der Waals surface area (Å²) < 4.78 is 0. The van der Waals surface area contributed by atoms with Crippen LogP contribution in [-0.4, -0.2) is 84.8 Å². The minimum atomic E-state index is -1.16. The summed E-state index contributed by atoms with van der Waals surface area (Å²) in [4.78, 5) is 43.3. The van der Waals surface area contributed by atoms with Crippen molar-refractivity contribution >= 4 is 84.7 Å². The first-order chi connectivity index (χ1) is 16.0. The Balaban J connectivity index is 0.000000642. The molecule has 0 spiro atoms. The number of hydrogen-bond acceptors (Lipinski definition) is 8. The summed E-state index contributed by atoms with van der Waals surface area (Å²) in [6, 6.07) is 8.28. The summed E-state index contributed by atoms with van der Waals surface area (Å²) in [5.74, 6) is -3.69. The number of carbonyl (C=O) groups excluding carboxylic acids is 4. The number of aromatic hydroxyl groups is 2. The van der Waals surface area contributed by atoms with E-state index in [0.717, 1.165) is 0 Å². The first kappa shape index (κ1) is 32.8. The molecule has 0 radical (unpaired) electrons. The van der Waals surface area contributed by atoms with Crippen LogP contribution < -0.4 is 20.8 Å². The van der Waals surface area contributed by atoms with Crippen molar-refractivity contribution < 1.29 is 39.6 Å². The molecule has 0 fully saturated rings. The maximum atomic E-state index is 11.5. The summed E-state index contributed by atoms with van der Waals surface area (Å²) in [7, 11) is 0. The SMILES string of the molecule is O=C([O-])CCCNC(=O)c1ccc(Cl)cc1O.O=C([O-])CCCNC(=O)c1ccc(Cl)cc1O.[Ca+2]. The third kappa shape index (κ3) is 13.4. The van der Waals surface area contributed by atoms with Crippen LogP contribution in [0, 0.1) is 0 Å². The normalized spacial score (nSPS) is 9.66. The van der Waals surface area contributed by atoms with Crippen molar-refractivity contribution in [1.29, 1.82) is 0 Å². The van der Waals surface area contributed by atoms with Gasteiger partial charge in [0.25, 0.3) is 11.8 Å². The van der Waals surface area contributed by atoms with Gasteiger partial charge in [-0.3, -0.25) is 9.59 Å². The van der Waals surface area contributed by atoms with E-state index in [0.29, 0.717) is 10.0 Å². The summed E-state index contributed by atoms with van der Waals surface area (Å²) in [6.45, 7) is 0.407. The summed E-state index contributed by atoms with van der Waals surface area (Å²) in [6.07, 6.45) is 0.324. The van der Waals surface area contributed by atoms with Crippen LogP contribution in [0.5, 0.6) is 11.5 Å². The average molecular weight is 553 g/mol. The maximum Gasteiger partial charge on any atom is 2.00 e. The van der Waals surface area contributed by atoms with Gasteiger partial charge in [-0.25, -0.2) is 0 Å². The number of hydrogen-bond donors (Lipinski definition) is 4. The van der Waals surface area contributed by atoms with Crippen LogP contribution >= 0.6 is 23.2 Å². The molecule has 0 aliphatic rings. The van der Waals surface area contributed by atoms with Crippen molar-refractivity contribution in [1.82, 2.24) is 10.6 Å². The Morgan fingerprint density at radius 1 is 0.714 bits per heavy atom. The molecule has 0 unspecified atom stereocenters. The van der Waals surface area contributed by atoms with Gasteiger partial charge in [-0.1, -0.05) is 23.2 Å². The van der Waals surface area contributed by atoms with Gasteiger partial charge in [0.15, 0.2) is 0 Å². The number of halogens is 2. The molecule has 2 aromatic carbocycles. The predicted octanol–water partition coefficient (Wildman–Crippen LogP) is 0.230. The topological polar surface area (TPSA) is 179 Å². The smallest absolute Gasteiger partial charge is 0.550 e. The fraction of sp³-hybridized carbons (Fsp3) is 0.273. The molecule has 0 saturated heterocycles. The number of benzene rings is 2. The Hall–Kier alpha value is -2.24. The molecule has 4 N–H and O–H groups in total. The Bertz CT molecular complexity index is 955. The van der Waals surface area contributed by atoms with E-state index >= 15 is 0 Å². The van der Waals surface area contributed by atoms with Gasteiger partial charge in [0.05, 0.1) is 11.1 Å². The van der Waals surface area contributed by atoms with Gasteiger partial charge in [0, 0.05) is 35.1 Å². The number of carbonyl (C=O) groups is 4. The molecular formula is C22H22CaCl2N2O8. The first-order valence-corrected chi connectivity index (χ1v) is 10.7. The second-order valence-corrected chi connectivity index (χ2v) is 7.66. The second-order valence-electron chi connectivity index (χ2n) is 6.79. The van der Waals surface area contributed by atoms with Crippen LogP contribution in [-0.2, 0) is 9.59 Å². The number of carboxylic acids is 2. The van der Waals surface area contributed by atoms with E-state index in [1.807, 2.05) is 0 Å². The van der Waals surface area contributed by atoms with E-state index in [4.69, 9.17) is 23.2 Å². The zero-order valence-corrected chi connectivity index (χ0v) is 22.2. The molecule has 13 heteroatoms. The van der Waals surface area contributed by atoms with Crippen molar-refractivity contribution in [2.75, 3.05) is 13.1 Å². The number of phenolic OH excluding ortho intramolecular Hbond substituents is 2. The van der Waals surface area contributed by atoms with Gasteiger partial charge >= 0.3 is 37.7 Å². The number of amides is 2. The van der Waals surface area contributed by atoms with E-state index in [1.54, 1.807) is 0 Å². The van der Waals surface area contributed by atoms with Gasteiger partial charge in [0.2, 0.25) is 0 Å². The van der Waals surface area contributed by atoms with Gasteiger partial charge in [0.1, 0.15) is 11.5 Å². The van der Waals surface area contributed by atoms with Crippen molar-refractivity contribution in [3.63, 3.8) is 0 Å². The number of aliphatic carboxylic acids is 2. The minimum Gasteiger partial charge on any atom is -0.550 e. The number of nitrogens with one attached hydrogen (secondary N) is 2. The van der Waals surface area contributed by atoms with E-state index in [2.05, 4.69) is 10.6 Å². The molecule has 10 nitrogen and oxygen atoms in total. The third-order valence-corrected chi connectivity index (χ3v) is 4.57. The summed E-state index contributed by atoms with van der Waals surface area (Å²) >= 11 is 11.2. The van der Waals surface area contributed by atoms with E-state index < -0.39 is 23.8 Å². The van der Waals surface area contributed by atoms with Crippen LogP contribution in [0.4, 0.5) is 0 Å². The van der Waals surface area contributed by atoms with E-state index in [1.165, 1.54) is 36.4 Å². The largest absolute Gasteiger partial charge is 2.00 e. The molecular weight excluding hydrogens is 531 g/mol. The van der Waals surface area contributed by atoms with Gasteiger partial charge in [-0.05, 0) is 62.1 Å². The Morgan fingerprint density at radius 3 is 1.34 bits per heavy atom. The standard InChI is InChI=1S/2C11H12ClNO4.Ca/c2*12-7-3-4-8(9(14)6-7)11(17)13-5-1-2-10(15)16;/h2*3-4,6,14H,1-2,5H2,(H,13,17)(H,15,16);/q;;+2/p-2. The van der Waals surface area contributed by atoms with Crippen LogP contribution in [0.15, 0.2) is 36.4 Å². The number of carboxylic acid groups (broad SMARTS) is 2. The zero-order chi connectivity index (χ0) is 25.7. The van der Waals surface area contributed by atoms with Crippen molar-refractivity contribution in [2.45, 2.75) is 25.7 Å². The van der Waals surface area contributed by atoms with Gasteiger partial charge in [-0.15, -0.1) is 0 Å². The number of rotatable bonds is 10. The van der Waals surface area contributed by atoms with Crippen molar-refractivity contribution in [2.24, 2.45) is 0 Å². The first-order valence-electron chi connectivity index (χ1n) is 9.94. The van der Waals surface area contributed by atoms with Crippen LogP contribution in [0.3, 0.4) is 0 Å². The molecule has 0 atom stereocenters. The molecule has 0 aliphatic carbocycles. The van der Waals surface area contributed by atoms with Gasteiger partial charge < -0.3 is 40.6 Å². The molecule has 0 saturated carbocycles. The fourth-order valence-electron chi connectivity index (χ4n) is 2.45. The Labute approximate surface area is 241 Å². The molecule has 184 valence electrons. The van der Waals surface area contributed by atoms with E-state index in [-0.39, 0.29) is 99.1 Å². The quantitative estimate of drug-likeness (QED) is 0.239. The Morgan fingerprint density at radius 2 is 1.06 bits per heavy atom.